The molecule has 2 aromatic rings. The Morgan fingerprint density at radius 3 is 2.58 bits per heavy atom. The first kappa shape index (κ1) is 22.2. The molecule has 5 nitrogen and oxygen atoms in total. The third-order valence-corrected chi connectivity index (χ3v) is 4.48. The van der Waals surface area contributed by atoms with E-state index in [2.05, 4.69) is 21.3 Å². The Kier molecular flexibility index (Phi) is 8.85. The van der Waals surface area contributed by atoms with Gasteiger partial charge in [-0.3, -0.25) is 9.69 Å². The zero-order valence-corrected chi connectivity index (χ0v) is 16.5. The van der Waals surface area contributed by atoms with Gasteiger partial charge in [-0.05, 0) is 62.2 Å². The van der Waals surface area contributed by atoms with Crippen molar-refractivity contribution in [2.75, 3.05) is 24.1 Å². The second-order valence-electron chi connectivity index (χ2n) is 6.51. The number of halogens is 2. The molecular formula is C19H26Cl2N4O. The molecule has 0 aliphatic carbocycles. The van der Waals surface area contributed by atoms with Crippen LogP contribution in [0.1, 0.15) is 24.0 Å². The number of carbonyl (C=O) groups excluding carboxylic acids is 1. The Morgan fingerprint density at radius 1 is 1.23 bits per heavy atom. The molecule has 1 aliphatic heterocycles. The molecule has 0 saturated carbocycles. The lowest BCUT2D eigenvalue weighted by Gasteiger charge is -2.31. The van der Waals surface area contributed by atoms with Gasteiger partial charge in [0.15, 0.2) is 0 Å². The summed E-state index contributed by atoms with van der Waals surface area (Å²) in [4.78, 5) is 19.0. The van der Waals surface area contributed by atoms with E-state index in [0.717, 1.165) is 43.7 Å². The molecule has 142 valence electrons. The van der Waals surface area contributed by atoms with Gasteiger partial charge in [0.05, 0.1) is 0 Å². The maximum absolute atomic E-state index is 12.4. The highest BCUT2D eigenvalue weighted by molar-refractivity contribution is 5.91. The van der Waals surface area contributed by atoms with Crippen molar-refractivity contribution < 1.29 is 4.79 Å². The van der Waals surface area contributed by atoms with Crippen LogP contribution in [-0.2, 0) is 11.3 Å². The van der Waals surface area contributed by atoms with Gasteiger partial charge in [-0.1, -0.05) is 18.2 Å². The molecule has 1 amide bonds. The molecule has 1 aromatic heterocycles. The summed E-state index contributed by atoms with van der Waals surface area (Å²) in [5, 5.41) is 2.93. The molecule has 0 unspecified atom stereocenters. The number of amides is 1. The van der Waals surface area contributed by atoms with Crippen molar-refractivity contribution in [1.29, 1.82) is 0 Å². The van der Waals surface area contributed by atoms with Crippen molar-refractivity contribution in [3.63, 3.8) is 0 Å². The number of benzene rings is 1. The van der Waals surface area contributed by atoms with E-state index in [1.807, 2.05) is 37.3 Å². The molecule has 7 heteroatoms. The van der Waals surface area contributed by atoms with E-state index in [0.29, 0.717) is 5.82 Å². The molecule has 0 radical (unpaired) electrons. The van der Waals surface area contributed by atoms with Gasteiger partial charge in [0, 0.05) is 24.3 Å². The predicted molar refractivity (Wildman–Crippen MR) is 111 cm³/mol. The smallest absolute Gasteiger partial charge is 0.228 e. The molecular weight excluding hydrogens is 371 g/mol. The molecule has 1 aliphatic rings. The third kappa shape index (κ3) is 6.16. The van der Waals surface area contributed by atoms with Gasteiger partial charge in [-0.2, -0.15) is 0 Å². The maximum atomic E-state index is 12.4. The number of nitrogen functional groups attached to an aromatic ring is 1. The second kappa shape index (κ2) is 10.4. The number of nitrogens with two attached hydrogens (primary N) is 1. The van der Waals surface area contributed by atoms with Crippen molar-refractivity contribution in [1.82, 2.24) is 9.88 Å². The minimum absolute atomic E-state index is 0. The number of nitrogens with one attached hydrogen (secondary N) is 1. The molecule has 26 heavy (non-hydrogen) atoms. The monoisotopic (exact) mass is 396 g/mol. The van der Waals surface area contributed by atoms with Gasteiger partial charge >= 0.3 is 0 Å². The van der Waals surface area contributed by atoms with E-state index >= 15 is 0 Å². The van der Waals surface area contributed by atoms with Crippen LogP contribution in [0.5, 0.6) is 0 Å². The summed E-state index contributed by atoms with van der Waals surface area (Å²) in [6.07, 6.45) is 3.52. The number of nitrogens with zero attached hydrogens (tertiary/aromatic N) is 2. The molecule has 1 aromatic carbocycles. The van der Waals surface area contributed by atoms with Gasteiger partial charge < -0.3 is 11.1 Å². The Bertz CT molecular complexity index is 701. The number of rotatable bonds is 4. The maximum Gasteiger partial charge on any atom is 0.228 e. The summed E-state index contributed by atoms with van der Waals surface area (Å²) < 4.78 is 0. The molecule has 0 bridgehead atoms. The summed E-state index contributed by atoms with van der Waals surface area (Å²) >= 11 is 0. The fourth-order valence-electron chi connectivity index (χ4n) is 3.07. The SMILES string of the molecule is Cc1ccc(NC(=O)C2CCN(Cc3cccc(N)c3)CC2)nc1.Cl.Cl. The molecule has 1 fully saturated rings. The average Bonchev–Trinajstić information content (AvgIpc) is 2.57. The standard InChI is InChI=1S/C19H24N4O.2ClH/c1-14-5-6-18(21-12-14)22-19(24)16-7-9-23(10-8-16)13-15-3-2-4-17(20)11-15;;/h2-6,11-12,16H,7-10,13,20H2,1H3,(H,21,22,24);2*1H. The first-order valence-electron chi connectivity index (χ1n) is 8.40. The van der Waals surface area contributed by atoms with E-state index in [1.165, 1.54) is 5.56 Å². The van der Waals surface area contributed by atoms with E-state index in [1.54, 1.807) is 6.20 Å². The molecule has 0 spiro atoms. The van der Waals surface area contributed by atoms with Crippen molar-refractivity contribution in [2.45, 2.75) is 26.3 Å². The minimum Gasteiger partial charge on any atom is -0.399 e. The Labute approximate surface area is 167 Å². The van der Waals surface area contributed by atoms with Gasteiger partial charge in [-0.15, -0.1) is 24.8 Å². The number of aryl methyl sites for hydroxylation is 1. The van der Waals surface area contributed by atoms with Crippen molar-refractivity contribution >= 4 is 42.2 Å². The van der Waals surface area contributed by atoms with Crippen LogP contribution in [0.25, 0.3) is 0 Å². The largest absolute Gasteiger partial charge is 0.399 e. The normalized spacial score (nSPS) is 14.8. The lowest BCUT2D eigenvalue weighted by atomic mass is 9.95. The molecule has 3 N–H and O–H groups in total. The number of aromatic nitrogens is 1. The summed E-state index contributed by atoms with van der Waals surface area (Å²) in [5.74, 6) is 0.771. The summed E-state index contributed by atoms with van der Waals surface area (Å²) in [5.41, 5.74) is 8.94. The van der Waals surface area contributed by atoms with Crippen LogP contribution in [0.15, 0.2) is 42.6 Å². The fourth-order valence-corrected chi connectivity index (χ4v) is 3.07. The molecule has 0 atom stereocenters. The zero-order valence-electron chi connectivity index (χ0n) is 14.9. The number of hydrogen-bond donors (Lipinski definition) is 2. The number of piperidine rings is 1. The number of anilines is 2. The van der Waals surface area contributed by atoms with Gasteiger partial charge in [-0.25, -0.2) is 4.98 Å². The number of likely N-dealkylation sites (tertiary alicyclic amines) is 1. The topological polar surface area (TPSA) is 71.2 Å². The minimum atomic E-state index is 0. The summed E-state index contributed by atoms with van der Waals surface area (Å²) in [7, 11) is 0. The highest BCUT2D eigenvalue weighted by Crippen LogP contribution is 2.21. The molecule has 1 saturated heterocycles. The predicted octanol–water partition coefficient (Wildman–Crippen LogP) is 3.67. The number of hydrogen-bond acceptors (Lipinski definition) is 4. The number of carbonyl (C=O) groups is 1. The van der Waals surface area contributed by atoms with Crippen LogP contribution in [-0.4, -0.2) is 28.9 Å². The summed E-state index contributed by atoms with van der Waals surface area (Å²) in [6, 6.07) is 11.8. The molecule has 2 heterocycles. The van der Waals surface area contributed by atoms with Crippen LogP contribution in [0.2, 0.25) is 0 Å². The average molecular weight is 397 g/mol. The van der Waals surface area contributed by atoms with E-state index in [9.17, 15) is 4.79 Å². The van der Waals surface area contributed by atoms with Gasteiger partial charge in [0.25, 0.3) is 0 Å². The Balaban J connectivity index is 0.00000169. The summed E-state index contributed by atoms with van der Waals surface area (Å²) in [6.45, 7) is 4.72. The van der Waals surface area contributed by atoms with Crippen molar-refractivity contribution in [3.05, 3.63) is 53.7 Å². The lowest BCUT2D eigenvalue weighted by molar-refractivity contribution is -0.121. The second-order valence-corrected chi connectivity index (χ2v) is 6.51. The quantitative estimate of drug-likeness (QED) is 0.773. The Morgan fingerprint density at radius 2 is 1.96 bits per heavy atom. The molecule has 3 rings (SSSR count). The lowest BCUT2D eigenvalue weighted by Crippen LogP contribution is -2.37. The van der Waals surface area contributed by atoms with Crippen molar-refractivity contribution in [2.24, 2.45) is 5.92 Å². The van der Waals surface area contributed by atoms with Crippen LogP contribution in [0.3, 0.4) is 0 Å². The van der Waals surface area contributed by atoms with Crippen molar-refractivity contribution in [3.8, 4) is 0 Å². The van der Waals surface area contributed by atoms with Gasteiger partial charge in [0.2, 0.25) is 5.91 Å². The van der Waals surface area contributed by atoms with Gasteiger partial charge in [0.1, 0.15) is 5.82 Å². The van der Waals surface area contributed by atoms with Crippen LogP contribution in [0, 0.1) is 12.8 Å². The zero-order chi connectivity index (χ0) is 16.9. The van der Waals surface area contributed by atoms with E-state index < -0.39 is 0 Å². The highest BCUT2D eigenvalue weighted by Gasteiger charge is 2.25. The first-order valence-corrected chi connectivity index (χ1v) is 8.40. The highest BCUT2D eigenvalue weighted by atomic mass is 35.5. The first-order chi connectivity index (χ1) is 11.6. The van der Waals surface area contributed by atoms with Crippen LogP contribution in [0.4, 0.5) is 11.5 Å². The van der Waals surface area contributed by atoms with Crippen LogP contribution >= 0.6 is 24.8 Å². The van der Waals surface area contributed by atoms with Crippen LogP contribution < -0.4 is 11.1 Å². The van der Waals surface area contributed by atoms with E-state index in [-0.39, 0.29) is 36.6 Å². The Hall–Kier alpha value is -1.82. The fraction of sp³-hybridized carbons (Fsp3) is 0.368. The number of pyridine rings is 1. The third-order valence-electron chi connectivity index (χ3n) is 4.48. The van der Waals surface area contributed by atoms with E-state index in [4.69, 9.17) is 5.73 Å².